The molecule has 0 bridgehead atoms. The molecule has 0 spiro atoms. The molecule has 3 fully saturated rings. The summed E-state index contributed by atoms with van der Waals surface area (Å²) < 4.78 is 6.37. The zero-order chi connectivity index (χ0) is 24.3. The first-order valence-electron chi connectivity index (χ1n) is 15.4. The number of hydrogen-bond donors (Lipinski definition) is 0. The van der Waals surface area contributed by atoms with Crippen LogP contribution in [0.5, 0.6) is 0 Å². The third-order valence-electron chi connectivity index (χ3n) is 11.5. The Labute approximate surface area is 213 Å². The second-order valence-corrected chi connectivity index (χ2v) is 13.9. The molecule has 0 saturated heterocycles. The molecule has 0 heterocycles. The van der Waals surface area contributed by atoms with E-state index < -0.39 is 0 Å². The smallest absolute Gasteiger partial charge is 0.0612 e. The van der Waals surface area contributed by atoms with E-state index in [1.165, 1.54) is 89.9 Å². The summed E-state index contributed by atoms with van der Waals surface area (Å²) in [6.45, 7) is 17.7. The fourth-order valence-corrected chi connectivity index (χ4v) is 9.50. The molecular formula is C33H57O. The molecule has 195 valence electrons. The lowest BCUT2D eigenvalue weighted by atomic mass is 9.47. The van der Waals surface area contributed by atoms with E-state index in [4.69, 9.17) is 4.74 Å². The van der Waals surface area contributed by atoms with Crippen LogP contribution in [0, 0.1) is 53.3 Å². The van der Waals surface area contributed by atoms with Crippen LogP contribution >= 0.6 is 0 Å². The fourth-order valence-electron chi connectivity index (χ4n) is 9.50. The molecule has 1 nitrogen and oxygen atoms in total. The lowest BCUT2D eigenvalue weighted by Crippen LogP contribution is -2.51. The Bertz CT molecular complexity index is 678. The summed E-state index contributed by atoms with van der Waals surface area (Å²) in [5, 5.41) is 0. The lowest BCUT2D eigenvalue weighted by molar-refractivity contribution is -0.0641. The van der Waals surface area contributed by atoms with Crippen molar-refractivity contribution in [2.75, 3.05) is 6.61 Å². The minimum absolute atomic E-state index is 0.457. The van der Waals surface area contributed by atoms with Crippen LogP contribution in [0.15, 0.2) is 11.6 Å². The first-order valence-corrected chi connectivity index (χ1v) is 15.4. The monoisotopic (exact) mass is 469 g/mol. The van der Waals surface area contributed by atoms with Crippen LogP contribution < -0.4 is 0 Å². The van der Waals surface area contributed by atoms with Gasteiger partial charge in [0.15, 0.2) is 0 Å². The van der Waals surface area contributed by atoms with Crippen molar-refractivity contribution in [1.82, 2.24) is 0 Å². The van der Waals surface area contributed by atoms with Crippen LogP contribution in [-0.4, -0.2) is 12.7 Å². The third kappa shape index (κ3) is 5.35. The second kappa shape index (κ2) is 11.4. The number of unbranched alkanes of at least 4 members (excludes halogenated alkanes) is 3. The highest BCUT2D eigenvalue weighted by Gasteiger charge is 2.59. The third-order valence-corrected chi connectivity index (χ3v) is 11.5. The van der Waals surface area contributed by atoms with Crippen LogP contribution in [0.1, 0.15) is 131 Å². The highest BCUT2D eigenvalue weighted by molar-refractivity contribution is 5.25. The van der Waals surface area contributed by atoms with Crippen molar-refractivity contribution in [1.29, 1.82) is 0 Å². The van der Waals surface area contributed by atoms with Crippen molar-refractivity contribution in [2.24, 2.45) is 46.3 Å². The Kier molecular flexibility index (Phi) is 8.97. The number of rotatable bonds is 11. The van der Waals surface area contributed by atoms with Crippen molar-refractivity contribution in [3.63, 3.8) is 0 Å². The van der Waals surface area contributed by atoms with Gasteiger partial charge in [-0.2, -0.15) is 0 Å². The maximum Gasteiger partial charge on any atom is 0.0612 e. The molecule has 4 aliphatic carbocycles. The predicted molar refractivity (Wildman–Crippen MR) is 147 cm³/mol. The van der Waals surface area contributed by atoms with Crippen molar-refractivity contribution in [3.05, 3.63) is 18.6 Å². The molecule has 8 atom stereocenters. The van der Waals surface area contributed by atoms with Crippen LogP contribution in [-0.2, 0) is 4.74 Å². The topological polar surface area (TPSA) is 9.23 Å². The van der Waals surface area contributed by atoms with Gasteiger partial charge in [0, 0.05) is 6.61 Å². The molecule has 0 aliphatic heterocycles. The maximum absolute atomic E-state index is 6.37. The average molecular weight is 470 g/mol. The molecule has 0 aromatic rings. The second-order valence-electron chi connectivity index (χ2n) is 13.9. The molecule has 34 heavy (non-hydrogen) atoms. The van der Waals surface area contributed by atoms with E-state index >= 15 is 0 Å². The van der Waals surface area contributed by atoms with E-state index in [1.807, 2.05) is 0 Å². The van der Waals surface area contributed by atoms with Gasteiger partial charge in [0.1, 0.15) is 0 Å². The molecule has 1 heteroatoms. The zero-order valence-electron chi connectivity index (χ0n) is 23.5. The van der Waals surface area contributed by atoms with E-state index in [0.29, 0.717) is 16.9 Å². The maximum atomic E-state index is 6.37. The van der Waals surface area contributed by atoms with E-state index in [9.17, 15) is 0 Å². The Morgan fingerprint density at radius 3 is 2.53 bits per heavy atom. The summed E-state index contributed by atoms with van der Waals surface area (Å²) in [5.41, 5.74) is 2.84. The standard InChI is InChI=1S/C33H57O/c1-7-8-9-10-22-34-27-18-20-32(5)26(23-27)14-15-28-30-17-16-29(25(4)13-11-12-24(2)3)33(30,6)21-19-31(28)32/h14,24-25,27-31H,1,7-13,15-23H2,2-6H3/t25-,27?,28+,29-,30+,31+,32+,33-/m1/s1. The van der Waals surface area contributed by atoms with Gasteiger partial charge in [-0.05, 0) is 104 Å². The molecule has 0 amide bonds. The summed E-state index contributed by atoms with van der Waals surface area (Å²) in [6, 6.07) is 0. The molecule has 1 unspecified atom stereocenters. The molecule has 4 rings (SSSR count). The van der Waals surface area contributed by atoms with E-state index in [-0.39, 0.29) is 0 Å². The van der Waals surface area contributed by atoms with E-state index in [1.54, 1.807) is 5.57 Å². The van der Waals surface area contributed by atoms with Gasteiger partial charge in [0.25, 0.3) is 0 Å². The average Bonchev–Trinajstić information content (AvgIpc) is 3.16. The van der Waals surface area contributed by atoms with Crippen molar-refractivity contribution in [2.45, 2.75) is 137 Å². The van der Waals surface area contributed by atoms with Gasteiger partial charge in [-0.3, -0.25) is 0 Å². The zero-order valence-corrected chi connectivity index (χ0v) is 23.5. The SMILES string of the molecule is [CH2]CCCCCOC1CC[C@@]2(C)C(=CC[C@H]3[C@@H]4CC[C@H]([C@H](C)CCCC(C)C)[C@@]4(C)CC[C@@H]32)C1. The van der Waals surface area contributed by atoms with Gasteiger partial charge in [0.2, 0.25) is 0 Å². The van der Waals surface area contributed by atoms with Crippen molar-refractivity contribution < 1.29 is 4.74 Å². The minimum atomic E-state index is 0.457. The highest BCUT2D eigenvalue weighted by atomic mass is 16.5. The number of hydrogen-bond acceptors (Lipinski definition) is 1. The highest BCUT2D eigenvalue weighted by Crippen LogP contribution is 2.67. The summed E-state index contributed by atoms with van der Waals surface area (Å²) in [5.74, 6) is 5.59. The van der Waals surface area contributed by atoms with Crippen LogP contribution in [0.2, 0.25) is 0 Å². The summed E-state index contributed by atoms with van der Waals surface area (Å²) in [7, 11) is 0. The van der Waals surface area contributed by atoms with Gasteiger partial charge in [-0.25, -0.2) is 0 Å². The van der Waals surface area contributed by atoms with Crippen LogP contribution in [0.3, 0.4) is 0 Å². The Hall–Kier alpha value is -0.300. The summed E-state index contributed by atoms with van der Waals surface area (Å²) in [4.78, 5) is 0. The fraction of sp³-hybridized carbons (Fsp3) is 0.909. The normalized spacial score (nSPS) is 40.4. The molecule has 4 aliphatic rings. The van der Waals surface area contributed by atoms with Crippen molar-refractivity contribution in [3.8, 4) is 0 Å². The number of ether oxygens (including phenoxy) is 1. The van der Waals surface area contributed by atoms with Gasteiger partial charge in [-0.15, -0.1) is 0 Å². The summed E-state index contributed by atoms with van der Waals surface area (Å²) in [6.07, 6.45) is 23.5. The summed E-state index contributed by atoms with van der Waals surface area (Å²) >= 11 is 0. The van der Waals surface area contributed by atoms with E-state index in [0.717, 1.165) is 48.5 Å². The Morgan fingerprint density at radius 1 is 0.941 bits per heavy atom. The molecular weight excluding hydrogens is 412 g/mol. The lowest BCUT2D eigenvalue weighted by Gasteiger charge is -2.58. The molecule has 1 radical (unpaired) electrons. The minimum Gasteiger partial charge on any atom is -0.378 e. The molecule has 0 aromatic carbocycles. The number of fused-ring (bicyclic) bond motifs is 5. The largest absolute Gasteiger partial charge is 0.378 e. The quantitative estimate of drug-likeness (QED) is 0.216. The molecule has 3 saturated carbocycles. The first-order chi connectivity index (χ1) is 16.3. The molecule has 0 N–H and O–H groups in total. The Balaban J connectivity index is 1.37. The first kappa shape index (κ1) is 26.8. The van der Waals surface area contributed by atoms with E-state index in [2.05, 4.69) is 47.6 Å². The van der Waals surface area contributed by atoms with Gasteiger partial charge < -0.3 is 4.74 Å². The predicted octanol–water partition coefficient (Wildman–Crippen LogP) is 9.81. The Morgan fingerprint density at radius 2 is 1.76 bits per heavy atom. The van der Waals surface area contributed by atoms with Crippen LogP contribution in [0.4, 0.5) is 0 Å². The van der Waals surface area contributed by atoms with Crippen molar-refractivity contribution >= 4 is 0 Å². The van der Waals surface area contributed by atoms with Gasteiger partial charge in [-0.1, -0.05) is 91.7 Å². The van der Waals surface area contributed by atoms with Gasteiger partial charge >= 0.3 is 0 Å². The molecule has 0 aromatic heterocycles. The number of allylic oxidation sites excluding steroid dienone is 1. The van der Waals surface area contributed by atoms with Crippen LogP contribution in [0.25, 0.3) is 0 Å². The van der Waals surface area contributed by atoms with Gasteiger partial charge in [0.05, 0.1) is 6.10 Å².